The first-order chi connectivity index (χ1) is 31.0. The number of esters is 1. The number of aliphatic carboxylic acids is 1. The van der Waals surface area contributed by atoms with Crippen LogP contribution in [-0.4, -0.2) is 177 Å². The first-order valence-corrected chi connectivity index (χ1v) is 22.4. The molecule has 0 saturated carbocycles. The van der Waals surface area contributed by atoms with Gasteiger partial charge in [-0.3, -0.25) is 9.59 Å². The van der Waals surface area contributed by atoms with Gasteiger partial charge in [-0.25, -0.2) is 0 Å². The van der Waals surface area contributed by atoms with E-state index in [9.17, 15) is 70.9 Å². The molecule has 374 valence electrons. The molecule has 0 aromatic rings. The second-order valence-corrected chi connectivity index (χ2v) is 17.7. The van der Waals surface area contributed by atoms with Crippen LogP contribution in [0.4, 0.5) is 0 Å². The van der Waals surface area contributed by atoms with Gasteiger partial charge in [-0.1, -0.05) is 98.9 Å². The molecular formula is C47H73NO18. The number of aliphatic hydroxyl groups excluding tert-OH is 10. The van der Waals surface area contributed by atoms with E-state index in [1.165, 1.54) is 13.0 Å². The largest absolute Gasteiger partial charge is 0.481 e. The maximum Gasteiger partial charge on any atom is 0.311 e. The van der Waals surface area contributed by atoms with Gasteiger partial charge in [-0.15, -0.1) is 0 Å². The third-order valence-electron chi connectivity index (χ3n) is 12.1. The highest BCUT2D eigenvalue weighted by Gasteiger charge is 2.51. The lowest BCUT2D eigenvalue weighted by atomic mass is 9.82. The highest BCUT2D eigenvalue weighted by atomic mass is 16.7. The first kappa shape index (κ1) is 56.8. The minimum atomic E-state index is -2.40. The molecule has 3 heterocycles. The molecule has 19 nitrogen and oxygen atoms in total. The molecule has 14 N–H and O–H groups in total. The van der Waals surface area contributed by atoms with Crippen LogP contribution in [0.1, 0.15) is 72.6 Å². The Bertz CT molecular complexity index is 1700. The Kier molecular flexibility index (Phi) is 23.7. The van der Waals surface area contributed by atoms with Crippen LogP contribution in [-0.2, 0) is 28.5 Å². The Morgan fingerprint density at radius 3 is 1.73 bits per heavy atom. The smallest absolute Gasteiger partial charge is 0.311 e. The summed E-state index contributed by atoms with van der Waals surface area (Å²) in [6, 6.07) is -1.17. The van der Waals surface area contributed by atoms with Crippen LogP contribution in [0.5, 0.6) is 0 Å². The zero-order valence-corrected chi connectivity index (χ0v) is 37.9. The number of carbonyl (C=O) groups excluding carboxylic acids is 1. The molecule has 2 saturated heterocycles. The molecule has 66 heavy (non-hydrogen) atoms. The normalized spacial score (nSPS) is 42.7. The predicted octanol–water partition coefficient (Wildman–Crippen LogP) is -0.317. The molecule has 3 aliphatic heterocycles. The fourth-order valence-corrected chi connectivity index (χ4v) is 8.05. The van der Waals surface area contributed by atoms with E-state index < -0.39 is 166 Å². The van der Waals surface area contributed by atoms with Gasteiger partial charge >= 0.3 is 11.9 Å². The summed E-state index contributed by atoms with van der Waals surface area (Å²) in [6.07, 6.45) is -0.958. The zero-order valence-electron chi connectivity index (χ0n) is 37.9. The quantitative estimate of drug-likeness (QED) is 0.161. The third-order valence-corrected chi connectivity index (χ3v) is 12.1. The first-order valence-electron chi connectivity index (χ1n) is 22.4. The standard InChI is InChI=1S/C47H73NO18/c1-26-17-15-13-11-9-7-5-6-8-10-12-14-16-18-33(65-46-44(59)40(48)42(57)29(4)64-46)23-37-39(45(60)61)36(54)25-47(62,66-37)24-32(51)21-35(53)43(58)34(52)20-30(49)19-31(50)22-38(55)63-28(3)27(2)41(26)56/h5-18,26-37,39-44,46,49-54,56-59,62H,19-25,48H2,1-4H3,(H,60,61)/t26-,27-,28-,29+,30-,31+,32-,33-,34+,35+,36-,37-,39+,40-,41+,42+,43+,44-,46-,47+/m0/s1. The summed E-state index contributed by atoms with van der Waals surface area (Å²) in [5.74, 6) is -7.09. The lowest BCUT2D eigenvalue weighted by molar-refractivity contribution is -0.308. The lowest BCUT2D eigenvalue weighted by Crippen LogP contribution is -2.61. The molecule has 0 spiro atoms. The van der Waals surface area contributed by atoms with E-state index in [0.29, 0.717) is 0 Å². The maximum atomic E-state index is 12.6. The van der Waals surface area contributed by atoms with E-state index in [1.807, 2.05) is 6.92 Å². The Labute approximate surface area is 385 Å². The summed E-state index contributed by atoms with van der Waals surface area (Å²) >= 11 is 0. The van der Waals surface area contributed by atoms with Crippen LogP contribution in [0.15, 0.2) is 85.1 Å². The highest BCUT2D eigenvalue weighted by molar-refractivity contribution is 5.71. The summed E-state index contributed by atoms with van der Waals surface area (Å²) in [5.41, 5.74) is 6.01. The maximum absolute atomic E-state index is 12.6. The van der Waals surface area contributed by atoms with Crippen LogP contribution < -0.4 is 5.73 Å². The van der Waals surface area contributed by atoms with Crippen molar-refractivity contribution in [3.8, 4) is 0 Å². The molecule has 19 heteroatoms. The fourth-order valence-electron chi connectivity index (χ4n) is 8.05. The Balaban J connectivity index is 1.88. The molecular weight excluding hydrogens is 867 g/mol. The van der Waals surface area contributed by atoms with Crippen molar-refractivity contribution in [3.05, 3.63) is 85.1 Å². The number of rotatable bonds is 3. The van der Waals surface area contributed by atoms with Crippen molar-refractivity contribution < 1.29 is 89.8 Å². The van der Waals surface area contributed by atoms with Gasteiger partial charge in [-0.05, 0) is 20.3 Å². The molecule has 0 radical (unpaired) electrons. The second kappa shape index (κ2) is 27.5. The molecule has 20 atom stereocenters. The van der Waals surface area contributed by atoms with Crippen molar-refractivity contribution in [1.29, 1.82) is 0 Å². The SMILES string of the molecule is C[C@@H]1[C@H](O)[C@@H](C)C=CC=CC=CC=CC=CC=CC=C[C@H](O[C@@H]2O[C@H](C)[C@@H](O)[C@H](N)[C@@H]2O)C[C@@H]2O[C@](O)(C[C@@H](O)C[C@@H](O)[C@H](O)[C@H](O)C[C@@H](O)C[C@@H](O)CC(=O)O[C@H]1C)C[C@H](O)[C@H]2C(=O)O. The van der Waals surface area contributed by atoms with Gasteiger partial charge in [0, 0.05) is 43.9 Å². The molecule has 0 aromatic heterocycles. The number of hydrogen-bond donors (Lipinski definition) is 13. The summed E-state index contributed by atoms with van der Waals surface area (Å²) in [7, 11) is 0. The third kappa shape index (κ3) is 18.2. The van der Waals surface area contributed by atoms with Crippen LogP contribution in [0.25, 0.3) is 0 Å². The van der Waals surface area contributed by atoms with Crippen LogP contribution in [0.2, 0.25) is 0 Å². The molecule has 0 unspecified atom stereocenters. The molecule has 0 amide bonds. The summed E-state index contributed by atoms with van der Waals surface area (Å²) in [6.45, 7) is 6.65. The average molecular weight is 940 g/mol. The van der Waals surface area contributed by atoms with Crippen molar-refractivity contribution in [1.82, 2.24) is 0 Å². The number of hydrogen-bond acceptors (Lipinski definition) is 18. The van der Waals surface area contributed by atoms with Gasteiger partial charge in [-0.2, -0.15) is 0 Å². The van der Waals surface area contributed by atoms with Gasteiger partial charge in [0.1, 0.15) is 24.2 Å². The number of cyclic esters (lactones) is 1. The highest BCUT2D eigenvalue weighted by Crippen LogP contribution is 2.38. The number of carboxylic acids is 1. The van der Waals surface area contributed by atoms with E-state index in [-0.39, 0.29) is 12.3 Å². The van der Waals surface area contributed by atoms with Crippen LogP contribution >= 0.6 is 0 Å². The van der Waals surface area contributed by atoms with Crippen molar-refractivity contribution in [3.63, 3.8) is 0 Å². The van der Waals surface area contributed by atoms with Gasteiger partial charge < -0.3 is 86.0 Å². The zero-order chi connectivity index (χ0) is 49.3. The van der Waals surface area contributed by atoms with Gasteiger partial charge in [0.05, 0.1) is 79.6 Å². The minimum absolute atomic E-state index is 0.308. The minimum Gasteiger partial charge on any atom is -0.481 e. The van der Waals surface area contributed by atoms with Crippen molar-refractivity contribution >= 4 is 11.9 Å². The molecule has 2 bridgehead atoms. The number of aliphatic hydroxyl groups is 11. The van der Waals surface area contributed by atoms with Crippen molar-refractivity contribution in [2.45, 2.75) is 176 Å². The molecule has 3 aliphatic rings. The number of carbonyl (C=O) groups is 2. The van der Waals surface area contributed by atoms with Crippen molar-refractivity contribution in [2.75, 3.05) is 0 Å². The van der Waals surface area contributed by atoms with E-state index in [0.717, 1.165) is 0 Å². The summed E-state index contributed by atoms with van der Waals surface area (Å²) in [4.78, 5) is 25.1. The summed E-state index contributed by atoms with van der Waals surface area (Å²) < 4.78 is 23.1. The number of allylic oxidation sites excluding steroid dienone is 12. The lowest BCUT2D eigenvalue weighted by Gasteiger charge is -2.45. The Hall–Kier alpha value is -3.48. The second-order valence-electron chi connectivity index (χ2n) is 17.7. The van der Waals surface area contributed by atoms with Gasteiger partial charge in [0.25, 0.3) is 0 Å². The number of fused-ring (bicyclic) bond motifs is 2. The molecule has 0 aliphatic carbocycles. The number of ether oxygens (including phenoxy) is 4. The Morgan fingerprint density at radius 1 is 0.636 bits per heavy atom. The monoisotopic (exact) mass is 939 g/mol. The number of carboxylic acid groups (broad SMARTS) is 1. The van der Waals surface area contributed by atoms with E-state index in [1.54, 1.807) is 92.8 Å². The van der Waals surface area contributed by atoms with E-state index >= 15 is 0 Å². The van der Waals surface area contributed by atoms with Crippen molar-refractivity contribution in [2.24, 2.45) is 23.5 Å². The topological polar surface area (TPSA) is 340 Å². The van der Waals surface area contributed by atoms with Crippen LogP contribution in [0.3, 0.4) is 0 Å². The van der Waals surface area contributed by atoms with Crippen LogP contribution in [0, 0.1) is 17.8 Å². The molecule has 3 rings (SSSR count). The summed E-state index contributed by atoms with van der Waals surface area (Å²) in [5, 5.41) is 129. The van der Waals surface area contributed by atoms with E-state index in [4.69, 9.17) is 24.7 Å². The fraction of sp³-hybridized carbons (Fsp3) is 0.660. The molecule has 0 aromatic carbocycles. The average Bonchev–Trinajstić information content (AvgIpc) is 3.22. The van der Waals surface area contributed by atoms with Gasteiger partial charge in [0.2, 0.25) is 0 Å². The van der Waals surface area contributed by atoms with Gasteiger partial charge in [0.15, 0.2) is 12.1 Å². The Morgan fingerprint density at radius 2 is 1.17 bits per heavy atom. The predicted molar refractivity (Wildman–Crippen MR) is 238 cm³/mol. The van der Waals surface area contributed by atoms with E-state index in [2.05, 4.69) is 0 Å². The number of nitrogens with two attached hydrogens (primary N) is 1. The molecule has 2 fully saturated rings.